The molecule has 1 amide bonds. The normalized spacial score (nSPS) is 13.6. The molecule has 1 N–H and O–H groups in total. The molecule has 31 heavy (non-hydrogen) atoms. The van der Waals surface area contributed by atoms with Crippen molar-refractivity contribution in [2.75, 3.05) is 19.5 Å². The Labute approximate surface area is 175 Å². The number of nitrogens with one attached hydrogen (secondary N) is 1. The fraction of sp³-hybridized carbons (Fsp3) is 0.400. The minimum atomic E-state index is -4.56. The van der Waals surface area contributed by atoms with Crippen LogP contribution in [0.3, 0.4) is 0 Å². The van der Waals surface area contributed by atoms with E-state index < -0.39 is 29.7 Å². The number of benzene rings is 1. The van der Waals surface area contributed by atoms with Gasteiger partial charge in [0.05, 0.1) is 25.3 Å². The number of esters is 2. The van der Waals surface area contributed by atoms with Crippen molar-refractivity contribution < 1.29 is 37.0 Å². The number of rotatable bonds is 7. The van der Waals surface area contributed by atoms with Crippen molar-refractivity contribution in [1.82, 2.24) is 9.78 Å². The summed E-state index contributed by atoms with van der Waals surface area (Å²) in [4.78, 5) is 36.0. The van der Waals surface area contributed by atoms with Gasteiger partial charge in [-0.1, -0.05) is 0 Å². The van der Waals surface area contributed by atoms with E-state index in [9.17, 15) is 27.6 Å². The monoisotopic (exact) mass is 439 g/mol. The zero-order valence-corrected chi connectivity index (χ0v) is 16.8. The first-order valence-electron chi connectivity index (χ1n) is 9.39. The van der Waals surface area contributed by atoms with Gasteiger partial charge in [-0.2, -0.15) is 18.3 Å². The van der Waals surface area contributed by atoms with E-state index in [2.05, 4.69) is 19.9 Å². The Bertz CT molecular complexity index is 978. The average Bonchev–Trinajstić information content (AvgIpc) is 3.48. The lowest BCUT2D eigenvalue weighted by atomic mass is 10.1. The summed E-state index contributed by atoms with van der Waals surface area (Å²) in [7, 11) is 2.34. The number of amides is 1. The van der Waals surface area contributed by atoms with Gasteiger partial charge in [-0.3, -0.25) is 9.48 Å². The van der Waals surface area contributed by atoms with Crippen LogP contribution in [0.2, 0.25) is 0 Å². The van der Waals surface area contributed by atoms with Crippen LogP contribution in [0.1, 0.15) is 57.3 Å². The molecule has 0 atom stereocenters. The second kappa shape index (κ2) is 8.78. The number of aromatic nitrogens is 2. The van der Waals surface area contributed by atoms with Crippen molar-refractivity contribution in [3.05, 3.63) is 46.8 Å². The maximum absolute atomic E-state index is 13.0. The lowest BCUT2D eigenvalue weighted by Crippen LogP contribution is -2.17. The molecule has 1 aromatic heterocycles. The summed E-state index contributed by atoms with van der Waals surface area (Å²) in [5.74, 6) is -1.94. The summed E-state index contributed by atoms with van der Waals surface area (Å²) in [6, 6.07) is 4.93. The van der Waals surface area contributed by atoms with Crippen LogP contribution < -0.4 is 5.32 Å². The number of alkyl halides is 3. The predicted molar refractivity (Wildman–Crippen MR) is 102 cm³/mol. The van der Waals surface area contributed by atoms with Gasteiger partial charge in [-0.15, -0.1) is 0 Å². The topological polar surface area (TPSA) is 99.5 Å². The lowest BCUT2D eigenvalue weighted by molar-refractivity contribution is -0.141. The number of hydrogen-bond donors (Lipinski definition) is 1. The van der Waals surface area contributed by atoms with Gasteiger partial charge in [0.2, 0.25) is 5.91 Å². The van der Waals surface area contributed by atoms with Gasteiger partial charge in [-0.25, -0.2) is 9.59 Å². The number of nitrogens with zero attached hydrogens (tertiary/aromatic N) is 2. The number of halogens is 3. The summed E-state index contributed by atoms with van der Waals surface area (Å²) in [5, 5.41) is 6.14. The highest BCUT2D eigenvalue weighted by Gasteiger charge is 2.37. The van der Waals surface area contributed by atoms with E-state index in [4.69, 9.17) is 0 Å². The maximum Gasteiger partial charge on any atom is 0.435 e. The van der Waals surface area contributed by atoms with E-state index in [0.717, 1.165) is 18.9 Å². The Hall–Kier alpha value is -3.37. The van der Waals surface area contributed by atoms with Crippen LogP contribution in [-0.4, -0.2) is 41.8 Å². The number of aryl methyl sites for hydroxylation is 1. The van der Waals surface area contributed by atoms with Gasteiger partial charge < -0.3 is 14.8 Å². The summed E-state index contributed by atoms with van der Waals surface area (Å²) in [6.45, 7) is -0.0473. The van der Waals surface area contributed by atoms with Crippen LogP contribution in [-0.2, 0) is 27.0 Å². The summed E-state index contributed by atoms with van der Waals surface area (Å²) >= 11 is 0. The molecule has 3 rings (SSSR count). The average molecular weight is 439 g/mol. The van der Waals surface area contributed by atoms with Crippen LogP contribution in [0.15, 0.2) is 24.3 Å². The van der Waals surface area contributed by atoms with E-state index in [1.807, 2.05) is 0 Å². The summed E-state index contributed by atoms with van der Waals surface area (Å²) < 4.78 is 49.4. The van der Waals surface area contributed by atoms with Gasteiger partial charge in [0, 0.05) is 30.3 Å². The van der Waals surface area contributed by atoms with E-state index in [1.54, 1.807) is 0 Å². The number of ether oxygens (including phenoxy) is 2. The Morgan fingerprint density at radius 1 is 1.06 bits per heavy atom. The van der Waals surface area contributed by atoms with E-state index in [-0.39, 0.29) is 35.7 Å². The van der Waals surface area contributed by atoms with Crippen molar-refractivity contribution in [3.63, 3.8) is 0 Å². The fourth-order valence-corrected chi connectivity index (χ4v) is 3.06. The molecule has 1 fully saturated rings. The molecule has 0 saturated heterocycles. The largest absolute Gasteiger partial charge is 0.465 e. The van der Waals surface area contributed by atoms with Gasteiger partial charge in [-0.05, 0) is 37.1 Å². The Kier molecular flexibility index (Phi) is 6.32. The van der Waals surface area contributed by atoms with Crippen LogP contribution in [0, 0.1) is 0 Å². The number of methoxy groups -OCH3 is 2. The maximum atomic E-state index is 13.0. The van der Waals surface area contributed by atoms with Gasteiger partial charge in [0.15, 0.2) is 5.69 Å². The van der Waals surface area contributed by atoms with E-state index >= 15 is 0 Å². The van der Waals surface area contributed by atoms with Crippen LogP contribution in [0.4, 0.5) is 18.9 Å². The second-order valence-electron chi connectivity index (χ2n) is 7.03. The highest BCUT2D eigenvalue weighted by atomic mass is 19.4. The molecule has 1 aromatic carbocycles. The fourth-order valence-electron chi connectivity index (χ4n) is 3.06. The zero-order chi connectivity index (χ0) is 22.8. The summed E-state index contributed by atoms with van der Waals surface area (Å²) in [6.07, 6.45) is -3.15. The van der Waals surface area contributed by atoms with Crippen LogP contribution in [0.5, 0.6) is 0 Å². The lowest BCUT2D eigenvalue weighted by Gasteiger charge is -2.10. The Morgan fingerprint density at radius 3 is 2.13 bits per heavy atom. The van der Waals surface area contributed by atoms with Crippen molar-refractivity contribution in [2.45, 2.75) is 37.9 Å². The molecule has 166 valence electrons. The molecule has 0 radical (unpaired) electrons. The molecule has 1 aliphatic rings. The van der Waals surface area contributed by atoms with E-state index in [1.165, 1.54) is 37.1 Å². The second-order valence-corrected chi connectivity index (χ2v) is 7.03. The van der Waals surface area contributed by atoms with E-state index in [0.29, 0.717) is 5.69 Å². The third kappa shape index (κ3) is 5.41. The SMILES string of the molecule is COC(=O)c1cc(NC(=O)CCn2nc(C(F)(F)F)cc2C2CC2)cc(C(=O)OC)c1. The third-order valence-corrected chi connectivity index (χ3v) is 4.71. The third-order valence-electron chi connectivity index (χ3n) is 4.71. The van der Waals surface area contributed by atoms with Crippen molar-refractivity contribution in [2.24, 2.45) is 0 Å². The molecular formula is C20H20F3N3O5. The Morgan fingerprint density at radius 2 is 1.65 bits per heavy atom. The first-order valence-corrected chi connectivity index (χ1v) is 9.39. The number of carbonyl (C=O) groups is 3. The molecular weight excluding hydrogens is 419 g/mol. The van der Waals surface area contributed by atoms with Gasteiger partial charge in [0.25, 0.3) is 0 Å². The molecule has 0 spiro atoms. The quantitative estimate of drug-likeness (QED) is 0.664. The number of anilines is 1. The smallest absolute Gasteiger partial charge is 0.435 e. The first-order chi connectivity index (χ1) is 14.6. The standard InChI is InChI=1S/C20H20F3N3O5/c1-30-18(28)12-7-13(19(29)31-2)9-14(8-12)24-17(27)5-6-26-15(11-3-4-11)10-16(25-26)20(21,22)23/h7-11H,3-6H2,1-2H3,(H,24,27). The highest BCUT2D eigenvalue weighted by molar-refractivity contribution is 5.99. The number of hydrogen-bond acceptors (Lipinski definition) is 6. The first kappa shape index (κ1) is 22.3. The molecule has 0 bridgehead atoms. The molecule has 1 aliphatic carbocycles. The Balaban J connectivity index is 1.73. The zero-order valence-electron chi connectivity index (χ0n) is 16.8. The van der Waals surface area contributed by atoms with Crippen molar-refractivity contribution in [1.29, 1.82) is 0 Å². The van der Waals surface area contributed by atoms with Crippen LogP contribution >= 0.6 is 0 Å². The highest BCUT2D eigenvalue weighted by Crippen LogP contribution is 2.42. The molecule has 0 aliphatic heterocycles. The molecule has 1 saturated carbocycles. The molecule has 0 unspecified atom stereocenters. The molecule has 1 heterocycles. The van der Waals surface area contributed by atoms with Gasteiger partial charge in [0.1, 0.15) is 0 Å². The number of carbonyl (C=O) groups excluding carboxylic acids is 3. The molecule has 8 nitrogen and oxygen atoms in total. The summed E-state index contributed by atoms with van der Waals surface area (Å²) in [5.41, 5.74) is -0.325. The minimum Gasteiger partial charge on any atom is -0.465 e. The predicted octanol–water partition coefficient (Wildman–Crippen LogP) is 3.38. The molecule has 2 aromatic rings. The van der Waals surface area contributed by atoms with Crippen molar-refractivity contribution in [3.8, 4) is 0 Å². The molecule has 11 heteroatoms. The minimum absolute atomic E-state index is 0.0195. The van der Waals surface area contributed by atoms with Gasteiger partial charge >= 0.3 is 18.1 Å². The van der Waals surface area contributed by atoms with Crippen LogP contribution in [0.25, 0.3) is 0 Å². The van der Waals surface area contributed by atoms with Crippen molar-refractivity contribution >= 4 is 23.5 Å².